The molecule has 0 aromatic heterocycles. The molecule has 7 heteroatoms. The van der Waals surface area contributed by atoms with Gasteiger partial charge in [0.2, 0.25) is 0 Å². The topological polar surface area (TPSA) is 0 Å². The molecule has 0 aliphatic heterocycles. The van der Waals surface area contributed by atoms with Crippen LogP contribution in [0.3, 0.4) is 0 Å². The van der Waals surface area contributed by atoms with Crippen molar-refractivity contribution in [2.24, 2.45) is 0 Å². The maximum absolute atomic E-state index is 5.64. The van der Waals surface area contributed by atoms with Crippen LogP contribution in [0.1, 0.15) is 0 Å². The summed E-state index contributed by atoms with van der Waals surface area (Å²) in [6.07, 6.45) is 0. The van der Waals surface area contributed by atoms with Crippen LogP contribution in [0.5, 0.6) is 0 Å². The minimum atomic E-state index is -0.558. The normalized spacial score (nSPS) is 12.9. The van der Waals surface area contributed by atoms with E-state index in [4.69, 9.17) is 46.4 Å². The van der Waals surface area contributed by atoms with Crippen molar-refractivity contribution in [2.75, 3.05) is 0 Å². The van der Waals surface area contributed by atoms with Crippen LogP contribution in [0, 0.1) is 0 Å². The van der Waals surface area contributed by atoms with Crippen LogP contribution < -0.4 is 0 Å². The second kappa shape index (κ2) is 9.10. The third-order valence-corrected chi connectivity index (χ3v) is 27.8. The van der Waals surface area contributed by atoms with E-state index in [1.807, 2.05) is 0 Å². The van der Waals surface area contributed by atoms with Crippen molar-refractivity contribution in [3.63, 3.8) is 0 Å². The van der Waals surface area contributed by atoms with Crippen LogP contribution in [0.15, 0.2) is 0 Å². The molecule has 0 radical (unpaired) electrons. The number of halogens is 4. The van der Waals surface area contributed by atoms with Gasteiger partial charge in [-0.3, -0.25) is 0 Å². The van der Waals surface area contributed by atoms with E-state index in [1.165, 1.54) is 7.11 Å². The van der Waals surface area contributed by atoms with Gasteiger partial charge in [0.25, 0.3) is 0 Å². The van der Waals surface area contributed by atoms with Crippen LogP contribution >= 0.6 is 46.4 Å². The van der Waals surface area contributed by atoms with E-state index < -0.39 is 24.6 Å². The zero-order chi connectivity index (χ0) is 8.69. The molecule has 64 valence electrons. The fourth-order valence-electron chi connectivity index (χ4n) is 0.774. The Balaban J connectivity index is 2.91. The fourth-order valence-corrected chi connectivity index (χ4v) is 45.9. The Morgan fingerprint density at radius 2 is 1.27 bits per heavy atom. The standard InChI is InChI=1S/2C2H5Cl2Si.Hg/c2*1-5-2(3)4;/h2*2H,1,5H2;. The molecule has 0 aliphatic rings. The Labute approximate surface area is 105 Å². The van der Waals surface area contributed by atoms with Crippen LogP contribution in [-0.2, 0) is 24.6 Å². The fraction of sp³-hybridized carbons (Fsp3) is 1.00. The summed E-state index contributed by atoms with van der Waals surface area (Å²) < 4.78 is 2.87. The molecule has 0 aliphatic carbocycles. The molecule has 11 heavy (non-hydrogen) atoms. The Hall–Kier alpha value is 2.53. The molecular formula is C4H10Cl4HgSi2. The van der Waals surface area contributed by atoms with E-state index in [1.54, 1.807) is 0 Å². The number of hydrogen-bond acceptors (Lipinski definition) is 0. The van der Waals surface area contributed by atoms with E-state index in [9.17, 15) is 0 Å². The van der Waals surface area contributed by atoms with Gasteiger partial charge in [0.05, 0.1) is 0 Å². The summed E-state index contributed by atoms with van der Waals surface area (Å²) in [7, 11) is -0.266. The van der Waals surface area contributed by atoms with Crippen molar-refractivity contribution in [3.05, 3.63) is 0 Å². The summed E-state index contributed by atoms with van der Waals surface area (Å²) in [6.45, 7) is 0. The Morgan fingerprint density at radius 3 is 1.55 bits per heavy atom. The molecular weight excluding hydrogens is 447 g/mol. The molecule has 0 N–H and O–H groups in total. The summed E-state index contributed by atoms with van der Waals surface area (Å²) in [5.74, 6) is 0. The molecule has 0 rings (SSSR count). The molecule has 0 spiro atoms. The maximum atomic E-state index is 5.64. The molecule has 0 unspecified atom stereocenters. The molecule has 0 aromatic rings. The van der Waals surface area contributed by atoms with Crippen molar-refractivity contribution >= 4 is 65.4 Å². The molecule has 0 nitrogen and oxygen atoms in total. The Bertz CT molecular complexity index is 82.2. The second-order valence-corrected chi connectivity index (χ2v) is 30.5. The van der Waals surface area contributed by atoms with Crippen molar-refractivity contribution < 1.29 is 24.6 Å². The van der Waals surface area contributed by atoms with Crippen molar-refractivity contribution in [1.82, 2.24) is 0 Å². The predicted octanol–water partition coefficient (Wildman–Crippen LogP) is 1.68. The Morgan fingerprint density at radius 1 is 0.909 bits per heavy atom. The molecule has 0 fully saturated rings. The SMILES string of the molecule is ClC(Cl)[SiH2][CH2][Hg][CH2][SiH2]C(Cl)Cl. The van der Waals surface area contributed by atoms with Gasteiger partial charge in [0.15, 0.2) is 0 Å². The molecule has 0 heterocycles. The molecule has 0 bridgehead atoms. The molecule has 0 saturated carbocycles. The molecule has 0 atom stereocenters. The van der Waals surface area contributed by atoms with E-state index in [0.29, 0.717) is 0 Å². The van der Waals surface area contributed by atoms with E-state index in [2.05, 4.69) is 0 Å². The summed E-state index contributed by atoms with van der Waals surface area (Å²) in [5, 5.41) is 0. The third kappa shape index (κ3) is 12.5. The zero-order valence-electron chi connectivity index (χ0n) is 6.20. The summed E-state index contributed by atoms with van der Waals surface area (Å²) in [6, 6.07) is 0. The van der Waals surface area contributed by atoms with Crippen LogP contribution in [0.2, 0.25) is 7.11 Å². The summed E-state index contributed by atoms with van der Waals surface area (Å²) in [4.78, 5) is 0. The minimum absolute atomic E-state index is 0.0144. The van der Waals surface area contributed by atoms with Crippen molar-refractivity contribution in [1.29, 1.82) is 0 Å². The Kier molecular flexibility index (Phi) is 11.2. The van der Waals surface area contributed by atoms with Gasteiger partial charge >= 0.3 is 106 Å². The summed E-state index contributed by atoms with van der Waals surface area (Å²) in [5.41, 5.74) is 0. The van der Waals surface area contributed by atoms with E-state index >= 15 is 0 Å². The van der Waals surface area contributed by atoms with Gasteiger partial charge in [-0.1, -0.05) is 0 Å². The quantitative estimate of drug-likeness (QED) is 0.324. The van der Waals surface area contributed by atoms with E-state index in [0.717, 1.165) is 0 Å². The van der Waals surface area contributed by atoms with Crippen molar-refractivity contribution in [2.45, 2.75) is 16.0 Å². The first-order chi connectivity index (χ1) is 5.13. The first kappa shape index (κ1) is 13.5. The van der Waals surface area contributed by atoms with Gasteiger partial charge < -0.3 is 0 Å². The van der Waals surface area contributed by atoms with Crippen LogP contribution in [0.25, 0.3) is 0 Å². The third-order valence-electron chi connectivity index (χ3n) is 1.34. The number of hydrogen-bond donors (Lipinski definition) is 0. The van der Waals surface area contributed by atoms with Crippen molar-refractivity contribution in [3.8, 4) is 0 Å². The zero-order valence-corrected chi connectivity index (χ0v) is 17.6. The van der Waals surface area contributed by atoms with Gasteiger partial charge in [0, 0.05) is 0 Å². The number of rotatable bonds is 6. The van der Waals surface area contributed by atoms with Crippen LogP contribution in [0.4, 0.5) is 0 Å². The van der Waals surface area contributed by atoms with E-state index in [-0.39, 0.29) is 28.0 Å². The molecule has 0 amide bonds. The predicted molar refractivity (Wildman–Crippen MR) is 57.7 cm³/mol. The van der Waals surface area contributed by atoms with Gasteiger partial charge in [0.1, 0.15) is 0 Å². The molecule has 0 saturated heterocycles. The first-order valence-electron chi connectivity index (χ1n) is 3.69. The summed E-state index contributed by atoms with van der Waals surface area (Å²) >= 11 is 22.0. The second-order valence-electron chi connectivity index (χ2n) is 2.42. The van der Waals surface area contributed by atoms with Gasteiger partial charge in [-0.25, -0.2) is 0 Å². The van der Waals surface area contributed by atoms with Gasteiger partial charge in [-0.05, 0) is 0 Å². The monoisotopic (exact) mass is 456 g/mol. The number of alkyl halides is 4. The van der Waals surface area contributed by atoms with Crippen LogP contribution in [-0.4, -0.2) is 28.0 Å². The van der Waals surface area contributed by atoms with Gasteiger partial charge in [-0.2, -0.15) is 0 Å². The van der Waals surface area contributed by atoms with Gasteiger partial charge in [-0.15, -0.1) is 0 Å². The first-order valence-corrected chi connectivity index (χ1v) is 16.8. The molecule has 0 aromatic carbocycles. The average Bonchev–Trinajstić information content (AvgIpc) is 1.85. The average molecular weight is 457 g/mol.